The molecule has 1 fully saturated rings. The maximum absolute atomic E-state index is 9.26. The Morgan fingerprint density at radius 2 is 2.33 bits per heavy atom. The molecule has 0 aliphatic carbocycles. The van der Waals surface area contributed by atoms with Crippen molar-refractivity contribution in [1.82, 2.24) is 0 Å². The SMILES string of the molecule is NCc1cccc(N2CCCC2CO)c1. The average molecular weight is 206 g/mol. The summed E-state index contributed by atoms with van der Waals surface area (Å²) in [5, 5.41) is 9.26. The summed E-state index contributed by atoms with van der Waals surface area (Å²) < 4.78 is 0. The fraction of sp³-hybridized carbons (Fsp3) is 0.500. The minimum atomic E-state index is 0.243. The zero-order chi connectivity index (χ0) is 10.7. The van der Waals surface area contributed by atoms with E-state index >= 15 is 0 Å². The molecular formula is C12H18N2O. The summed E-state index contributed by atoms with van der Waals surface area (Å²) in [5.74, 6) is 0. The maximum atomic E-state index is 9.26. The number of aliphatic hydroxyl groups is 1. The number of nitrogens with two attached hydrogens (primary N) is 1. The molecule has 1 heterocycles. The molecular weight excluding hydrogens is 188 g/mol. The van der Waals surface area contributed by atoms with Crippen molar-refractivity contribution in [3.8, 4) is 0 Å². The monoisotopic (exact) mass is 206 g/mol. The standard InChI is InChI=1S/C12H18N2O/c13-8-10-3-1-4-11(7-10)14-6-2-5-12(14)9-15/h1,3-4,7,12,15H,2,5-6,8-9,13H2. The van der Waals surface area contributed by atoms with E-state index in [1.165, 1.54) is 5.69 Å². The van der Waals surface area contributed by atoms with Gasteiger partial charge in [-0.15, -0.1) is 0 Å². The second-order valence-electron chi connectivity index (χ2n) is 4.05. The lowest BCUT2D eigenvalue weighted by molar-refractivity contribution is 0.266. The van der Waals surface area contributed by atoms with E-state index in [0.29, 0.717) is 6.54 Å². The molecule has 3 nitrogen and oxygen atoms in total. The molecule has 15 heavy (non-hydrogen) atoms. The van der Waals surface area contributed by atoms with Gasteiger partial charge in [0.05, 0.1) is 12.6 Å². The predicted octanol–water partition coefficient (Wildman–Crippen LogP) is 1.11. The summed E-state index contributed by atoms with van der Waals surface area (Å²) in [6, 6.07) is 8.57. The highest BCUT2D eigenvalue weighted by molar-refractivity contribution is 5.50. The predicted molar refractivity (Wildman–Crippen MR) is 61.8 cm³/mol. The van der Waals surface area contributed by atoms with Crippen LogP contribution in [0.3, 0.4) is 0 Å². The van der Waals surface area contributed by atoms with Crippen LogP contribution in [0.1, 0.15) is 18.4 Å². The van der Waals surface area contributed by atoms with Crippen LogP contribution in [-0.4, -0.2) is 24.3 Å². The van der Waals surface area contributed by atoms with Crippen molar-refractivity contribution in [3.63, 3.8) is 0 Å². The third kappa shape index (κ3) is 2.13. The smallest absolute Gasteiger partial charge is 0.0635 e. The Hall–Kier alpha value is -1.06. The molecule has 0 amide bonds. The van der Waals surface area contributed by atoms with E-state index in [2.05, 4.69) is 17.0 Å². The van der Waals surface area contributed by atoms with Crippen LogP contribution in [0.25, 0.3) is 0 Å². The van der Waals surface area contributed by atoms with Gasteiger partial charge in [-0.1, -0.05) is 12.1 Å². The molecule has 0 saturated carbocycles. The molecule has 0 radical (unpaired) electrons. The van der Waals surface area contributed by atoms with Gasteiger partial charge >= 0.3 is 0 Å². The van der Waals surface area contributed by atoms with Crippen molar-refractivity contribution in [2.24, 2.45) is 5.73 Å². The molecule has 0 aromatic heterocycles. The quantitative estimate of drug-likeness (QED) is 0.778. The molecule has 1 saturated heterocycles. The first-order chi connectivity index (χ1) is 7.35. The second kappa shape index (κ2) is 4.64. The van der Waals surface area contributed by atoms with Crippen molar-refractivity contribution in [1.29, 1.82) is 0 Å². The largest absolute Gasteiger partial charge is 0.394 e. The molecule has 3 heteroatoms. The van der Waals surface area contributed by atoms with Crippen molar-refractivity contribution >= 4 is 5.69 Å². The fourth-order valence-corrected chi connectivity index (χ4v) is 2.23. The van der Waals surface area contributed by atoms with Crippen LogP contribution in [0.2, 0.25) is 0 Å². The van der Waals surface area contributed by atoms with Crippen LogP contribution in [0.15, 0.2) is 24.3 Å². The van der Waals surface area contributed by atoms with Crippen molar-refractivity contribution in [2.75, 3.05) is 18.1 Å². The van der Waals surface area contributed by atoms with Crippen molar-refractivity contribution < 1.29 is 5.11 Å². The average Bonchev–Trinajstić information content (AvgIpc) is 2.77. The number of aliphatic hydroxyl groups excluding tert-OH is 1. The zero-order valence-corrected chi connectivity index (χ0v) is 8.89. The maximum Gasteiger partial charge on any atom is 0.0635 e. The molecule has 3 N–H and O–H groups in total. The molecule has 1 aliphatic heterocycles. The van der Waals surface area contributed by atoms with Gasteiger partial charge in [-0.3, -0.25) is 0 Å². The lowest BCUT2D eigenvalue weighted by atomic mass is 10.1. The summed E-state index contributed by atoms with van der Waals surface area (Å²) in [6.45, 7) is 1.86. The van der Waals surface area contributed by atoms with Crippen LogP contribution >= 0.6 is 0 Å². The Morgan fingerprint density at radius 1 is 1.47 bits per heavy atom. The summed E-state index contributed by atoms with van der Waals surface area (Å²) in [5.41, 5.74) is 7.96. The lowest BCUT2D eigenvalue weighted by Gasteiger charge is -2.25. The minimum Gasteiger partial charge on any atom is -0.394 e. The molecule has 2 rings (SSSR count). The summed E-state index contributed by atoms with van der Waals surface area (Å²) >= 11 is 0. The van der Waals surface area contributed by atoms with Crippen LogP contribution in [0, 0.1) is 0 Å². The van der Waals surface area contributed by atoms with Gasteiger partial charge in [-0.25, -0.2) is 0 Å². The summed E-state index contributed by atoms with van der Waals surface area (Å²) in [6.07, 6.45) is 2.25. The van der Waals surface area contributed by atoms with E-state index in [9.17, 15) is 5.11 Å². The van der Waals surface area contributed by atoms with Gasteiger partial charge in [0.15, 0.2) is 0 Å². The van der Waals surface area contributed by atoms with Crippen LogP contribution in [-0.2, 0) is 6.54 Å². The van der Waals surface area contributed by atoms with Gasteiger partial charge in [0, 0.05) is 18.8 Å². The van der Waals surface area contributed by atoms with E-state index in [0.717, 1.165) is 24.9 Å². The molecule has 82 valence electrons. The Bertz CT molecular complexity index is 327. The number of rotatable bonds is 3. The highest BCUT2D eigenvalue weighted by atomic mass is 16.3. The molecule has 1 aliphatic rings. The molecule has 0 bridgehead atoms. The number of anilines is 1. The highest BCUT2D eigenvalue weighted by Crippen LogP contribution is 2.25. The van der Waals surface area contributed by atoms with Gasteiger partial charge in [0.2, 0.25) is 0 Å². The summed E-state index contributed by atoms with van der Waals surface area (Å²) in [7, 11) is 0. The number of hydrogen-bond acceptors (Lipinski definition) is 3. The Kier molecular flexibility index (Phi) is 3.23. The van der Waals surface area contributed by atoms with E-state index in [1.807, 2.05) is 12.1 Å². The van der Waals surface area contributed by atoms with Gasteiger partial charge in [-0.05, 0) is 30.5 Å². The van der Waals surface area contributed by atoms with Crippen LogP contribution in [0.4, 0.5) is 5.69 Å². The van der Waals surface area contributed by atoms with Gasteiger partial charge in [0.25, 0.3) is 0 Å². The number of benzene rings is 1. The van der Waals surface area contributed by atoms with Gasteiger partial charge < -0.3 is 15.7 Å². The van der Waals surface area contributed by atoms with Crippen LogP contribution in [0.5, 0.6) is 0 Å². The lowest BCUT2D eigenvalue weighted by Crippen LogP contribution is -2.32. The zero-order valence-electron chi connectivity index (χ0n) is 8.89. The van der Waals surface area contributed by atoms with E-state index in [1.54, 1.807) is 0 Å². The fourth-order valence-electron chi connectivity index (χ4n) is 2.23. The Labute approximate surface area is 90.5 Å². The molecule has 1 unspecified atom stereocenters. The van der Waals surface area contributed by atoms with Gasteiger partial charge in [-0.2, -0.15) is 0 Å². The van der Waals surface area contributed by atoms with E-state index in [4.69, 9.17) is 5.73 Å². The molecule has 0 spiro atoms. The molecule has 1 aromatic rings. The normalized spacial score (nSPS) is 20.9. The number of nitrogens with zero attached hydrogens (tertiary/aromatic N) is 1. The summed E-state index contributed by atoms with van der Waals surface area (Å²) in [4.78, 5) is 2.28. The first-order valence-corrected chi connectivity index (χ1v) is 5.51. The second-order valence-corrected chi connectivity index (χ2v) is 4.05. The van der Waals surface area contributed by atoms with Crippen molar-refractivity contribution in [2.45, 2.75) is 25.4 Å². The third-order valence-corrected chi connectivity index (χ3v) is 3.07. The first-order valence-electron chi connectivity index (χ1n) is 5.51. The topological polar surface area (TPSA) is 49.5 Å². The van der Waals surface area contributed by atoms with Crippen molar-refractivity contribution in [3.05, 3.63) is 29.8 Å². The third-order valence-electron chi connectivity index (χ3n) is 3.07. The number of hydrogen-bond donors (Lipinski definition) is 2. The molecule has 1 aromatic carbocycles. The molecule has 1 atom stereocenters. The van der Waals surface area contributed by atoms with Gasteiger partial charge in [0.1, 0.15) is 0 Å². The van der Waals surface area contributed by atoms with Crippen LogP contribution < -0.4 is 10.6 Å². The Balaban J connectivity index is 2.20. The van der Waals surface area contributed by atoms with E-state index < -0.39 is 0 Å². The highest BCUT2D eigenvalue weighted by Gasteiger charge is 2.23. The Morgan fingerprint density at radius 3 is 3.07 bits per heavy atom. The van der Waals surface area contributed by atoms with E-state index in [-0.39, 0.29) is 12.6 Å². The minimum absolute atomic E-state index is 0.243. The first kappa shape index (κ1) is 10.5.